The van der Waals surface area contributed by atoms with Crippen LogP contribution in [-0.4, -0.2) is 61.3 Å². The van der Waals surface area contributed by atoms with Crippen LogP contribution in [0.3, 0.4) is 0 Å². The van der Waals surface area contributed by atoms with Gasteiger partial charge in [0, 0.05) is 60.1 Å². The molecule has 282 valence electrons. The van der Waals surface area contributed by atoms with Gasteiger partial charge in [-0.25, -0.2) is 0 Å². The summed E-state index contributed by atoms with van der Waals surface area (Å²) in [5, 5.41) is 23.8. The summed E-state index contributed by atoms with van der Waals surface area (Å²) in [5.41, 5.74) is 9.17. The minimum absolute atomic E-state index is 0.115. The molecule has 0 radical (unpaired) electrons. The first kappa shape index (κ1) is 34.5. The Morgan fingerprint density at radius 2 is 1.36 bits per heavy atom. The summed E-state index contributed by atoms with van der Waals surface area (Å²) in [4.78, 5) is 38.1. The Morgan fingerprint density at radius 3 is 1.98 bits per heavy atom. The van der Waals surface area contributed by atoms with Crippen molar-refractivity contribution in [3.63, 3.8) is 0 Å². The summed E-state index contributed by atoms with van der Waals surface area (Å²) < 4.78 is 27.6. The van der Waals surface area contributed by atoms with E-state index in [9.17, 15) is 14.4 Å². The lowest BCUT2D eigenvalue weighted by molar-refractivity contribution is -0.118. The van der Waals surface area contributed by atoms with Crippen LogP contribution in [0.4, 0.5) is 17.1 Å². The third-order valence-electron chi connectivity index (χ3n) is 9.76. The Labute approximate surface area is 319 Å². The maximum Gasteiger partial charge on any atom is 0.245 e. The van der Waals surface area contributed by atoms with Crippen molar-refractivity contribution in [2.24, 2.45) is 0 Å². The highest BCUT2D eigenvalue weighted by molar-refractivity contribution is 6.02. The van der Waals surface area contributed by atoms with E-state index < -0.39 is 0 Å². The van der Waals surface area contributed by atoms with Crippen LogP contribution in [0.1, 0.15) is 41.9 Å². The van der Waals surface area contributed by atoms with Gasteiger partial charge in [-0.3, -0.25) is 28.6 Å². The molecular weight excluding hydrogens is 718 g/mol. The number of hydrogen-bond donors (Lipinski definition) is 2. The molecule has 3 aliphatic heterocycles. The van der Waals surface area contributed by atoms with Gasteiger partial charge < -0.3 is 29.6 Å². The van der Waals surface area contributed by atoms with Crippen molar-refractivity contribution in [2.45, 2.75) is 46.6 Å². The van der Waals surface area contributed by atoms with Crippen molar-refractivity contribution in [3.05, 3.63) is 101 Å². The van der Waals surface area contributed by atoms with Crippen LogP contribution in [0.15, 0.2) is 72.8 Å². The number of nitrogens with one attached hydrogen (secondary N) is 2. The smallest absolute Gasteiger partial charge is 0.245 e. The molecule has 6 heterocycles. The number of benzene rings is 3. The van der Waals surface area contributed by atoms with Gasteiger partial charge in [0.2, 0.25) is 29.5 Å². The highest BCUT2D eigenvalue weighted by Gasteiger charge is 2.30. The molecule has 56 heavy (non-hydrogen) atoms. The average Bonchev–Trinajstić information content (AvgIpc) is 3.80. The van der Waals surface area contributed by atoms with E-state index in [0.717, 1.165) is 45.0 Å². The monoisotopic (exact) mass is 753 g/mol. The molecule has 0 atom stereocenters. The van der Waals surface area contributed by atoms with Crippen LogP contribution < -0.4 is 34.5 Å². The molecule has 0 aliphatic carbocycles. The Bertz CT molecular complexity index is 2580. The van der Waals surface area contributed by atoms with Crippen LogP contribution in [-0.2, 0) is 47.1 Å². The van der Waals surface area contributed by atoms with Gasteiger partial charge in [0.15, 0.2) is 6.73 Å². The van der Waals surface area contributed by atoms with Crippen LogP contribution >= 0.6 is 0 Å². The van der Waals surface area contributed by atoms with Crippen LogP contribution in [0, 0.1) is 0 Å². The molecule has 16 nitrogen and oxygen atoms in total. The van der Waals surface area contributed by atoms with Gasteiger partial charge in [-0.15, -0.1) is 10.2 Å². The molecule has 3 aromatic heterocycles. The first-order valence-corrected chi connectivity index (χ1v) is 17.9. The van der Waals surface area contributed by atoms with E-state index in [4.69, 9.17) is 29.1 Å². The number of carbonyl (C=O) groups is 3. The summed E-state index contributed by atoms with van der Waals surface area (Å²) in [7, 11) is 1.50. The minimum atomic E-state index is -0.161. The minimum Gasteiger partial charge on any atom is -0.487 e. The third kappa shape index (κ3) is 6.61. The average molecular weight is 754 g/mol. The van der Waals surface area contributed by atoms with Crippen LogP contribution in [0.2, 0.25) is 0 Å². The zero-order valence-corrected chi connectivity index (χ0v) is 30.7. The lowest BCUT2D eigenvalue weighted by Gasteiger charge is -2.19. The first-order valence-electron chi connectivity index (χ1n) is 17.9. The Kier molecular flexibility index (Phi) is 8.56. The number of carbonyl (C=O) groups excluding carboxylic acids is 3. The van der Waals surface area contributed by atoms with Crippen LogP contribution in [0.5, 0.6) is 23.3 Å². The lowest BCUT2D eigenvalue weighted by Crippen LogP contribution is -2.31. The van der Waals surface area contributed by atoms with Crippen molar-refractivity contribution in [1.29, 1.82) is 0 Å². The summed E-state index contributed by atoms with van der Waals surface area (Å²) in [6, 6.07) is 22.6. The maximum absolute atomic E-state index is 13.4. The molecule has 0 spiro atoms. The number of rotatable bonds is 8. The molecule has 0 saturated heterocycles. The number of ether oxygens (including phenoxy) is 4. The molecule has 0 bridgehead atoms. The second-order valence-electron chi connectivity index (χ2n) is 13.7. The summed E-state index contributed by atoms with van der Waals surface area (Å²) in [5.74, 6) is 1.39. The highest BCUT2D eigenvalue weighted by atomic mass is 16.5. The van der Waals surface area contributed by atoms with E-state index in [0.29, 0.717) is 53.8 Å². The SMILES string of the molecule is COc1cc(-c2cc3n(n2)Cc2ccc(NC(C)=O)cc2OC3)c(OCN2C(=O)Cc3ccc(-c4cc5n(n4)Cc4ccc(NC(C)=O)cc4OC5)cc32)nn1. The molecule has 0 unspecified atom stereocenters. The molecule has 0 saturated carbocycles. The van der Waals surface area contributed by atoms with E-state index >= 15 is 0 Å². The lowest BCUT2D eigenvalue weighted by atomic mass is 10.1. The quantitative estimate of drug-likeness (QED) is 0.215. The predicted octanol–water partition coefficient (Wildman–Crippen LogP) is 4.94. The Hall–Kier alpha value is -7.23. The second-order valence-corrected chi connectivity index (χ2v) is 13.7. The molecule has 16 heteroatoms. The molecule has 9 rings (SSSR count). The van der Waals surface area contributed by atoms with Gasteiger partial charge in [0.25, 0.3) is 0 Å². The fourth-order valence-electron chi connectivity index (χ4n) is 7.05. The van der Waals surface area contributed by atoms with E-state index in [-0.39, 0.29) is 49.2 Å². The number of fused-ring (bicyclic) bond motifs is 5. The summed E-state index contributed by atoms with van der Waals surface area (Å²) in [6.45, 7) is 4.31. The maximum atomic E-state index is 13.4. The zero-order chi connectivity index (χ0) is 38.5. The van der Waals surface area contributed by atoms with Gasteiger partial charge in [0.1, 0.15) is 24.7 Å². The Balaban J connectivity index is 0.944. The van der Waals surface area contributed by atoms with Crippen LogP contribution in [0.25, 0.3) is 22.5 Å². The molecule has 3 aliphatic rings. The van der Waals surface area contributed by atoms with Gasteiger partial charge in [0.05, 0.1) is 60.6 Å². The van der Waals surface area contributed by atoms with E-state index in [2.05, 4.69) is 20.8 Å². The van der Waals surface area contributed by atoms with Crippen molar-refractivity contribution in [3.8, 4) is 45.8 Å². The number of amides is 3. The third-order valence-corrected chi connectivity index (χ3v) is 9.76. The second kappa shape index (κ2) is 13.9. The topological polar surface area (TPSA) is 177 Å². The highest BCUT2D eigenvalue weighted by Crippen LogP contribution is 2.37. The molecular formula is C40H35N9O7. The normalized spacial score (nSPS) is 13.8. The van der Waals surface area contributed by atoms with Crippen molar-refractivity contribution >= 4 is 34.8 Å². The number of nitrogens with zero attached hydrogens (tertiary/aromatic N) is 7. The first-order chi connectivity index (χ1) is 27.2. The zero-order valence-electron chi connectivity index (χ0n) is 30.7. The fourth-order valence-corrected chi connectivity index (χ4v) is 7.05. The standard InChI is InChI=1S/C40H35N9O7/c1-22(50)41-28-8-6-26-17-48-30(19-54-36(26)12-28)14-33(45-48)24-4-5-25-11-39(52)47(35(25)10-24)21-56-40-32(16-38(53-3)43-44-40)34-15-31-20-55-37-13-29(42-23(2)51)9-7-27(37)18-49(31)46-34/h4-10,12-16H,11,17-21H2,1-3H3,(H,41,50)(H,42,51). The largest absolute Gasteiger partial charge is 0.487 e. The summed E-state index contributed by atoms with van der Waals surface area (Å²) in [6.07, 6.45) is 0.229. The summed E-state index contributed by atoms with van der Waals surface area (Å²) >= 11 is 0. The number of anilines is 3. The molecule has 3 aromatic carbocycles. The van der Waals surface area contributed by atoms with Crippen molar-refractivity contribution in [1.82, 2.24) is 29.8 Å². The van der Waals surface area contributed by atoms with E-state index in [1.807, 2.05) is 70.0 Å². The number of hydrogen-bond acceptors (Lipinski definition) is 11. The van der Waals surface area contributed by atoms with E-state index in [1.54, 1.807) is 17.0 Å². The van der Waals surface area contributed by atoms with Gasteiger partial charge >= 0.3 is 0 Å². The van der Waals surface area contributed by atoms with Gasteiger partial charge in [-0.05, 0) is 35.9 Å². The molecule has 2 N–H and O–H groups in total. The predicted molar refractivity (Wildman–Crippen MR) is 203 cm³/mol. The van der Waals surface area contributed by atoms with E-state index in [1.165, 1.54) is 21.0 Å². The number of methoxy groups -OCH3 is 1. The van der Waals surface area contributed by atoms with Crippen molar-refractivity contribution in [2.75, 3.05) is 29.4 Å². The van der Waals surface area contributed by atoms with Gasteiger partial charge in [-0.2, -0.15) is 10.2 Å². The van der Waals surface area contributed by atoms with Gasteiger partial charge in [-0.1, -0.05) is 24.3 Å². The van der Waals surface area contributed by atoms with Crippen molar-refractivity contribution < 1.29 is 33.3 Å². The molecule has 3 amide bonds. The fraction of sp³-hybridized carbons (Fsp3) is 0.225. The Morgan fingerprint density at radius 1 is 0.750 bits per heavy atom. The molecule has 6 aromatic rings. The number of aromatic nitrogens is 6. The molecule has 0 fully saturated rings.